The minimum atomic E-state index is -0.109. The van der Waals surface area contributed by atoms with Gasteiger partial charge >= 0.3 is 0 Å². The van der Waals surface area contributed by atoms with E-state index in [1.807, 2.05) is 7.05 Å². The van der Waals surface area contributed by atoms with E-state index < -0.39 is 0 Å². The predicted molar refractivity (Wildman–Crippen MR) is 69.0 cm³/mol. The minimum absolute atomic E-state index is 0.109. The van der Waals surface area contributed by atoms with Gasteiger partial charge in [0.25, 0.3) is 0 Å². The second-order valence-corrected chi connectivity index (χ2v) is 5.82. The largest absolute Gasteiger partial charge is 0.394 e. The van der Waals surface area contributed by atoms with Crippen LogP contribution in [-0.4, -0.2) is 39.4 Å². The third-order valence-electron chi connectivity index (χ3n) is 2.88. The van der Waals surface area contributed by atoms with Gasteiger partial charge < -0.3 is 10.4 Å². The Morgan fingerprint density at radius 1 is 1.62 bits per heavy atom. The van der Waals surface area contributed by atoms with Crippen molar-refractivity contribution in [3.8, 4) is 0 Å². The molecule has 0 aliphatic heterocycles. The third kappa shape index (κ3) is 4.01. The molecule has 16 heavy (non-hydrogen) atoms. The maximum atomic E-state index is 9.37. The summed E-state index contributed by atoms with van der Waals surface area (Å²) < 4.78 is 4.98. The lowest BCUT2D eigenvalue weighted by molar-refractivity contribution is 0.154. The highest BCUT2D eigenvalue weighted by Crippen LogP contribution is 2.23. The number of rotatable bonds is 8. The van der Waals surface area contributed by atoms with Crippen molar-refractivity contribution >= 4 is 23.3 Å². The highest BCUT2D eigenvalue weighted by Gasteiger charge is 2.24. The Kier molecular flexibility index (Phi) is 6.26. The lowest BCUT2D eigenvalue weighted by Crippen LogP contribution is -2.45. The van der Waals surface area contributed by atoms with Gasteiger partial charge in [-0.1, -0.05) is 18.7 Å². The van der Waals surface area contributed by atoms with Gasteiger partial charge in [-0.15, -0.1) is 0 Å². The van der Waals surface area contributed by atoms with Gasteiger partial charge in [0.05, 0.1) is 6.61 Å². The van der Waals surface area contributed by atoms with E-state index in [1.165, 1.54) is 11.5 Å². The van der Waals surface area contributed by atoms with Gasteiger partial charge in [-0.2, -0.15) is 4.37 Å². The number of thioether (sulfide) groups is 1. The van der Waals surface area contributed by atoms with Gasteiger partial charge in [0, 0.05) is 11.3 Å². The first-order valence-electron chi connectivity index (χ1n) is 5.45. The molecule has 0 aromatic carbocycles. The Hall–Kier alpha value is -0.170. The van der Waals surface area contributed by atoms with E-state index in [1.54, 1.807) is 18.1 Å². The molecule has 0 bridgehead atoms. The molecular formula is C10H19N3OS2. The van der Waals surface area contributed by atoms with Gasteiger partial charge in [-0.25, -0.2) is 4.98 Å². The van der Waals surface area contributed by atoms with Gasteiger partial charge in [0.2, 0.25) is 0 Å². The van der Waals surface area contributed by atoms with Crippen molar-refractivity contribution in [2.75, 3.05) is 19.4 Å². The molecule has 6 heteroatoms. The van der Waals surface area contributed by atoms with Crippen molar-refractivity contribution in [3.63, 3.8) is 0 Å². The number of aromatic nitrogens is 2. The number of aliphatic hydroxyl groups is 1. The smallest absolute Gasteiger partial charge is 0.169 e. The normalized spacial score (nSPS) is 14.9. The Balaban J connectivity index is 2.23. The quantitative estimate of drug-likeness (QED) is 0.552. The fourth-order valence-corrected chi connectivity index (χ4v) is 3.00. The molecular weight excluding hydrogens is 242 g/mol. The number of aliphatic hydroxyl groups excluding tert-OH is 1. The topological polar surface area (TPSA) is 58.0 Å². The van der Waals surface area contributed by atoms with Gasteiger partial charge in [0.1, 0.15) is 6.33 Å². The van der Waals surface area contributed by atoms with Crippen molar-refractivity contribution in [2.45, 2.75) is 36.1 Å². The van der Waals surface area contributed by atoms with E-state index in [0.717, 1.165) is 29.4 Å². The molecule has 0 aliphatic carbocycles. The molecule has 0 saturated carbocycles. The summed E-state index contributed by atoms with van der Waals surface area (Å²) in [6, 6.07) is 0. The number of nitrogens with zero attached hydrogens (tertiary/aromatic N) is 2. The highest BCUT2D eigenvalue weighted by atomic mass is 32.2. The fraction of sp³-hybridized carbons (Fsp3) is 0.800. The molecule has 0 aliphatic rings. The molecule has 0 spiro atoms. The molecule has 2 N–H and O–H groups in total. The maximum Gasteiger partial charge on any atom is 0.169 e. The monoisotopic (exact) mass is 261 g/mol. The lowest BCUT2D eigenvalue weighted by Gasteiger charge is -2.30. The number of hydrogen-bond donors (Lipinski definition) is 2. The zero-order valence-corrected chi connectivity index (χ0v) is 11.4. The van der Waals surface area contributed by atoms with Crippen LogP contribution in [0.25, 0.3) is 0 Å². The standard InChI is InChI=1S/C10H19N3OS2/c1-3-10(7-14,11-2)5-4-6-15-9-12-8-13-16-9/h8,11,14H,3-7H2,1-2H3. The molecule has 1 heterocycles. The SMILES string of the molecule is CCC(CO)(CCCSc1ncns1)NC. The van der Waals surface area contributed by atoms with E-state index >= 15 is 0 Å². The molecule has 0 fully saturated rings. The zero-order chi connectivity index (χ0) is 11.9. The molecule has 1 rings (SSSR count). The summed E-state index contributed by atoms with van der Waals surface area (Å²) in [6.07, 6.45) is 4.59. The predicted octanol–water partition coefficient (Wildman–Crippen LogP) is 1.77. The van der Waals surface area contributed by atoms with E-state index in [2.05, 4.69) is 21.6 Å². The van der Waals surface area contributed by atoms with Crippen LogP contribution in [0.4, 0.5) is 0 Å². The van der Waals surface area contributed by atoms with Crippen molar-refractivity contribution in [2.24, 2.45) is 0 Å². The Labute approximate surface area is 105 Å². The minimum Gasteiger partial charge on any atom is -0.394 e. The van der Waals surface area contributed by atoms with E-state index in [4.69, 9.17) is 0 Å². The first-order valence-corrected chi connectivity index (χ1v) is 7.21. The third-order valence-corrected chi connectivity index (χ3v) is 4.76. The van der Waals surface area contributed by atoms with Crippen LogP contribution in [-0.2, 0) is 0 Å². The van der Waals surface area contributed by atoms with Gasteiger partial charge in [-0.3, -0.25) is 0 Å². The average molecular weight is 261 g/mol. The molecule has 1 atom stereocenters. The number of nitrogens with one attached hydrogen (secondary N) is 1. The Morgan fingerprint density at radius 2 is 2.44 bits per heavy atom. The van der Waals surface area contributed by atoms with Gasteiger partial charge in [-0.05, 0) is 37.8 Å². The summed E-state index contributed by atoms with van der Waals surface area (Å²) in [7, 11) is 1.91. The van der Waals surface area contributed by atoms with E-state index in [9.17, 15) is 5.11 Å². The number of hydrogen-bond acceptors (Lipinski definition) is 6. The summed E-state index contributed by atoms with van der Waals surface area (Å²) in [6.45, 7) is 2.30. The van der Waals surface area contributed by atoms with Crippen LogP contribution in [0.15, 0.2) is 10.7 Å². The second kappa shape index (κ2) is 7.21. The number of likely N-dealkylation sites (N-methyl/N-ethyl adjacent to an activating group) is 1. The summed E-state index contributed by atoms with van der Waals surface area (Å²) in [5, 5.41) is 12.6. The van der Waals surface area contributed by atoms with Crippen molar-refractivity contribution in [1.29, 1.82) is 0 Å². The molecule has 0 radical (unpaired) electrons. The van der Waals surface area contributed by atoms with Crippen LogP contribution in [0.5, 0.6) is 0 Å². The fourth-order valence-electron chi connectivity index (χ4n) is 1.55. The first-order chi connectivity index (χ1) is 7.76. The highest BCUT2D eigenvalue weighted by molar-refractivity contribution is 8.00. The molecule has 1 aromatic heterocycles. The molecule has 4 nitrogen and oxygen atoms in total. The van der Waals surface area contributed by atoms with Crippen LogP contribution in [0, 0.1) is 0 Å². The summed E-state index contributed by atoms with van der Waals surface area (Å²) in [4.78, 5) is 4.12. The van der Waals surface area contributed by atoms with Crippen LogP contribution in [0.3, 0.4) is 0 Å². The van der Waals surface area contributed by atoms with Crippen LogP contribution >= 0.6 is 23.3 Å². The van der Waals surface area contributed by atoms with Crippen LogP contribution in [0.2, 0.25) is 0 Å². The molecule has 1 unspecified atom stereocenters. The lowest BCUT2D eigenvalue weighted by atomic mass is 9.92. The van der Waals surface area contributed by atoms with Crippen LogP contribution in [0.1, 0.15) is 26.2 Å². The zero-order valence-electron chi connectivity index (χ0n) is 9.77. The second-order valence-electron chi connectivity index (χ2n) is 3.70. The molecule has 0 saturated heterocycles. The summed E-state index contributed by atoms with van der Waals surface area (Å²) >= 11 is 3.17. The van der Waals surface area contributed by atoms with Crippen molar-refractivity contribution in [1.82, 2.24) is 14.7 Å². The Morgan fingerprint density at radius 3 is 2.94 bits per heavy atom. The molecule has 92 valence electrons. The van der Waals surface area contributed by atoms with E-state index in [0.29, 0.717) is 0 Å². The van der Waals surface area contributed by atoms with Crippen molar-refractivity contribution < 1.29 is 5.11 Å². The van der Waals surface area contributed by atoms with E-state index in [-0.39, 0.29) is 12.1 Å². The van der Waals surface area contributed by atoms with Crippen LogP contribution < -0.4 is 5.32 Å². The molecule has 1 aromatic rings. The summed E-state index contributed by atoms with van der Waals surface area (Å²) in [5.41, 5.74) is -0.109. The van der Waals surface area contributed by atoms with Crippen molar-refractivity contribution in [3.05, 3.63) is 6.33 Å². The maximum absolute atomic E-state index is 9.37. The molecule has 0 amide bonds. The first kappa shape index (κ1) is 13.9. The van der Waals surface area contributed by atoms with Gasteiger partial charge in [0.15, 0.2) is 4.34 Å². The summed E-state index contributed by atoms with van der Waals surface area (Å²) in [5.74, 6) is 1.03. The average Bonchev–Trinajstić information content (AvgIpc) is 2.83. The Bertz CT molecular complexity index is 267.